The third kappa shape index (κ3) is 5.76. The summed E-state index contributed by atoms with van der Waals surface area (Å²) in [7, 11) is 7.14. The number of methoxy groups -OCH3 is 2. The Bertz CT molecular complexity index is 977. The van der Waals surface area contributed by atoms with Crippen LogP contribution in [0.25, 0.3) is 0 Å². The molecule has 0 aliphatic rings. The number of ether oxygens (including phenoxy) is 2. The number of Topliss-reactive ketones (excluding diaryl/α,β-unsaturated/α-hetero) is 2. The van der Waals surface area contributed by atoms with E-state index in [0.29, 0.717) is 22.6 Å². The van der Waals surface area contributed by atoms with Crippen LogP contribution in [0.2, 0.25) is 0 Å². The summed E-state index contributed by atoms with van der Waals surface area (Å²) in [5, 5.41) is 0. The average molecular weight is 432 g/mol. The number of hydrogen-bond acceptors (Lipinski definition) is 5. The summed E-state index contributed by atoms with van der Waals surface area (Å²) in [4.78, 5) is 28.1. The molecule has 0 N–H and O–H groups in total. The van der Waals surface area contributed by atoms with Crippen molar-refractivity contribution in [1.82, 2.24) is 0 Å². The normalized spacial score (nSPS) is 10.7. The summed E-state index contributed by atoms with van der Waals surface area (Å²) in [6.07, 6.45) is 0.491. The highest BCUT2D eigenvalue weighted by atomic mass is 16.5. The molecule has 0 atom stereocenters. The van der Waals surface area contributed by atoms with Crippen LogP contribution in [-0.4, -0.2) is 39.9 Å². The molecule has 32 heavy (non-hydrogen) atoms. The lowest BCUT2D eigenvalue weighted by Crippen LogP contribution is -2.13. The minimum absolute atomic E-state index is 0.00290. The lowest BCUT2D eigenvalue weighted by Gasteiger charge is -2.19. The summed E-state index contributed by atoms with van der Waals surface area (Å²) >= 11 is 0. The molecule has 3 rings (SSSR count). The average Bonchev–Trinajstić information content (AvgIpc) is 2.83. The van der Waals surface area contributed by atoms with Gasteiger partial charge in [-0.05, 0) is 72.1 Å². The first-order chi connectivity index (χ1) is 15.4. The molecule has 166 valence electrons. The third-order valence-electron chi connectivity index (χ3n) is 5.57. The van der Waals surface area contributed by atoms with Gasteiger partial charge in [-0.1, -0.05) is 12.1 Å². The second-order valence-electron chi connectivity index (χ2n) is 7.89. The fourth-order valence-electron chi connectivity index (χ4n) is 3.59. The van der Waals surface area contributed by atoms with Gasteiger partial charge in [0, 0.05) is 43.8 Å². The molecule has 0 aliphatic carbocycles. The smallest absolute Gasteiger partial charge is 0.163 e. The van der Waals surface area contributed by atoms with Gasteiger partial charge >= 0.3 is 0 Å². The van der Waals surface area contributed by atoms with Gasteiger partial charge in [0.05, 0.1) is 14.2 Å². The molecule has 0 bridgehead atoms. The maximum atomic E-state index is 13.0. The maximum absolute atomic E-state index is 13.0. The fourth-order valence-corrected chi connectivity index (χ4v) is 3.59. The Morgan fingerprint density at radius 3 is 1.44 bits per heavy atom. The first kappa shape index (κ1) is 23.1. The minimum Gasteiger partial charge on any atom is -0.497 e. The predicted molar refractivity (Wildman–Crippen MR) is 127 cm³/mol. The highest BCUT2D eigenvalue weighted by Gasteiger charge is 2.22. The maximum Gasteiger partial charge on any atom is 0.163 e. The molecule has 0 spiro atoms. The van der Waals surface area contributed by atoms with E-state index in [1.54, 1.807) is 62.8 Å². The quantitative estimate of drug-likeness (QED) is 0.402. The van der Waals surface area contributed by atoms with Crippen molar-refractivity contribution in [2.75, 3.05) is 33.2 Å². The molecule has 0 fully saturated rings. The molecular formula is C27H29NO4. The van der Waals surface area contributed by atoms with Crippen molar-refractivity contribution in [3.8, 4) is 11.5 Å². The molecule has 0 amide bonds. The third-order valence-corrected chi connectivity index (χ3v) is 5.57. The van der Waals surface area contributed by atoms with Crippen LogP contribution in [0.4, 0.5) is 5.69 Å². The van der Waals surface area contributed by atoms with Gasteiger partial charge in [-0.3, -0.25) is 9.59 Å². The van der Waals surface area contributed by atoms with Crippen molar-refractivity contribution in [2.24, 2.45) is 0 Å². The summed E-state index contributed by atoms with van der Waals surface area (Å²) in [6.45, 7) is 0. The zero-order valence-corrected chi connectivity index (χ0v) is 19.0. The van der Waals surface area contributed by atoms with Crippen LogP contribution < -0.4 is 14.4 Å². The molecule has 5 heteroatoms. The van der Waals surface area contributed by atoms with E-state index >= 15 is 0 Å². The van der Waals surface area contributed by atoms with Crippen LogP contribution in [0.3, 0.4) is 0 Å². The summed E-state index contributed by atoms with van der Waals surface area (Å²) in [6, 6.07) is 22.2. The largest absolute Gasteiger partial charge is 0.497 e. The first-order valence-electron chi connectivity index (χ1n) is 10.5. The summed E-state index contributed by atoms with van der Waals surface area (Å²) in [5.41, 5.74) is 3.25. The van der Waals surface area contributed by atoms with Crippen LogP contribution >= 0.6 is 0 Å². The first-order valence-corrected chi connectivity index (χ1v) is 10.5. The summed E-state index contributed by atoms with van der Waals surface area (Å²) < 4.78 is 10.4. The van der Waals surface area contributed by atoms with Gasteiger partial charge in [0.1, 0.15) is 11.5 Å². The van der Waals surface area contributed by atoms with Crippen LogP contribution in [0.1, 0.15) is 45.0 Å². The zero-order chi connectivity index (χ0) is 23.1. The van der Waals surface area contributed by atoms with Crippen LogP contribution in [0, 0.1) is 0 Å². The van der Waals surface area contributed by atoms with Crippen molar-refractivity contribution in [1.29, 1.82) is 0 Å². The van der Waals surface area contributed by atoms with E-state index in [2.05, 4.69) is 0 Å². The van der Waals surface area contributed by atoms with Crippen molar-refractivity contribution in [2.45, 2.75) is 18.8 Å². The standard InChI is InChI=1S/C27H29NO4/c1-28(2)23-11-5-19(6-12-23)22(17-26(29)20-7-13-24(31-3)14-8-20)18-27(30)21-9-15-25(32-4)16-10-21/h5-16,22H,17-18H2,1-4H3. The Morgan fingerprint density at radius 1 is 0.688 bits per heavy atom. The Balaban J connectivity index is 1.83. The number of nitrogens with zero attached hydrogens (tertiary/aromatic N) is 1. The fraction of sp³-hybridized carbons (Fsp3) is 0.259. The minimum atomic E-state index is -0.226. The van der Waals surface area contributed by atoms with Crippen molar-refractivity contribution >= 4 is 17.3 Å². The van der Waals surface area contributed by atoms with E-state index in [0.717, 1.165) is 11.3 Å². The number of rotatable bonds is 10. The van der Waals surface area contributed by atoms with Gasteiger partial charge in [0.15, 0.2) is 11.6 Å². The molecule has 5 nitrogen and oxygen atoms in total. The molecule has 0 unspecified atom stereocenters. The Morgan fingerprint density at radius 2 is 1.09 bits per heavy atom. The molecule has 3 aromatic rings. The zero-order valence-electron chi connectivity index (χ0n) is 19.0. The van der Waals surface area contributed by atoms with Gasteiger partial charge in [-0.2, -0.15) is 0 Å². The molecule has 0 aliphatic heterocycles. The van der Waals surface area contributed by atoms with Gasteiger partial charge in [0.2, 0.25) is 0 Å². The van der Waals surface area contributed by atoms with E-state index in [9.17, 15) is 9.59 Å². The number of carbonyl (C=O) groups excluding carboxylic acids is 2. The van der Waals surface area contributed by atoms with Crippen LogP contribution in [0.5, 0.6) is 11.5 Å². The van der Waals surface area contributed by atoms with Crippen molar-refractivity contribution in [3.63, 3.8) is 0 Å². The van der Waals surface area contributed by atoms with Gasteiger partial charge in [-0.15, -0.1) is 0 Å². The van der Waals surface area contributed by atoms with E-state index in [-0.39, 0.29) is 30.3 Å². The molecule has 0 heterocycles. The number of anilines is 1. The van der Waals surface area contributed by atoms with E-state index in [1.165, 1.54) is 0 Å². The highest BCUT2D eigenvalue weighted by molar-refractivity contribution is 5.99. The molecule has 3 aromatic carbocycles. The molecule has 0 aromatic heterocycles. The Labute approximate surface area is 189 Å². The van der Waals surface area contributed by atoms with Crippen LogP contribution in [-0.2, 0) is 0 Å². The number of benzene rings is 3. The van der Waals surface area contributed by atoms with Gasteiger partial charge < -0.3 is 14.4 Å². The van der Waals surface area contributed by atoms with E-state index in [4.69, 9.17) is 9.47 Å². The molecular weight excluding hydrogens is 402 g/mol. The molecule has 0 saturated heterocycles. The molecule has 0 radical (unpaired) electrons. The second-order valence-corrected chi connectivity index (χ2v) is 7.89. The van der Waals surface area contributed by atoms with E-state index < -0.39 is 0 Å². The number of ketones is 2. The van der Waals surface area contributed by atoms with E-state index in [1.807, 2.05) is 43.3 Å². The summed E-state index contributed by atoms with van der Waals surface area (Å²) in [5.74, 6) is 1.17. The second kappa shape index (κ2) is 10.6. The number of carbonyl (C=O) groups is 2. The topological polar surface area (TPSA) is 55.8 Å². The lowest BCUT2D eigenvalue weighted by molar-refractivity contribution is 0.0944. The predicted octanol–water partition coefficient (Wildman–Crippen LogP) is 5.40. The Kier molecular flexibility index (Phi) is 7.66. The lowest BCUT2D eigenvalue weighted by atomic mass is 9.86. The Hall–Kier alpha value is -3.60. The monoisotopic (exact) mass is 431 g/mol. The van der Waals surface area contributed by atoms with Crippen LogP contribution in [0.15, 0.2) is 72.8 Å². The molecule has 0 saturated carbocycles. The van der Waals surface area contributed by atoms with Gasteiger partial charge in [0.25, 0.3) is 0 Å². The van der Waals surface area contributed by atoms with Crippen molar-refractivity contribution < 1.29 is 19.1 Å². The SMILES string of the molecule is COc1ccc(C(=O)CC(CC(=O)c2ccc(OC)cc2)c2ccc(N(C)C)cc2)cc1. The van der Waals surface area contributed by atoms with Crippen molar-refractivity contribution in [3.05, 3.63) is 89.5 Å². The highest BCUT2D eigenvalue weighted by Crippen LogP contribution is 2.29. The van der Waals surface area contributed by atoms with Gasteiger partial charge in [-0.25, -0.2) is 0 Å². The number of hydrogen-bond donors (Lipinski definition) is 0.